The van der Waals surface area contributed by atoms with Crippen molar-refractivity contribution in [2.45, 2.75) is 63.3 Å². The summed E-state index contributed by atoms with van der Waals surface area (Å²) in [6, 6.07) is 11.3. The first-order valence-electron chi connectivity index (χ1n) is 14.5. The van der Waals surface area contributed by atoms with Gasteiger partial charge in [-0.15, -0.1) is 0 Å². The number of halogens is 3. The molecule has 1 saturated heterocycles. The van der Waals surface area contributed by atoms with E-state index in [2.05, 4.69) is 15.2 Å². The van der Waals surface area contributed by atoms with Crippen LogP contribution in [0.3, 0.4) is 0 Å². The number of likely N-dealkylation sites (tertiary alicyclic amines) is 1. The van der Waals surface area contributed by atoms with Gasteiger partial charge in [0, 0.05) is 54.1 Å². The summed E-state index contributed by atoms with van der Waals surface area (Å²) < 4.78 is 54.2. The molecular formula is C32H30F3N3O4. The monoisotopic (exact) mass is 577 g/mol. The highest BCUT2D eigenvalue weighted by Crippen LogP contribution is 2.60. The minimum absolute atomic E-state index is 0.0152. The van der Waals surface area contributed by atoms with E-state index in [9.17, 15) is 22.8 Å². The fourth-order valence-corrected chi connectivity index (χ4v) is 6.58. The summed E-state index contributed by atoms with van der Waals surface area (Å²) in [4.78, 5) is 31.2. The number of alkyl halides is 3. The first-order chi connectivity index (χ1) is 20.2. The smallest absolute Gasteiger partial charge is 0.416 e. The second kappa shape index (κ2) is 10.4. The van der Waals surface area contributed by atoms with Crippen LogP contribution in [0.25, 0.3) is 0 Å². The van der Waals surface area contributed by atoms with Gasteiger partial charge in [-0.25, -0.2) is 4.98 Å². The number of hydrogen-bond acceptors (Lipinski definition) is 6. The van der Waals surface area contributed by atoms with Gasteiger partial charge in [0.2, 0.25) is 5.91 Å². The lowest BCUT2D eigenvalue weighted by Crippen LogP contribution is -2.30. The van der Waals surface area contributed by atoms with Crippen molar-refractivity contribution in [3.8, 4) is 17.2 Å². The van der Waals surface area contributed by atoms with E-state index in [-0.39, 0.29) is 53.7 Å². The molecule has 7 rings (SSSR count). The number of benzene rings is 2. The highest BCUT2D eigenvalue weighted by atomic mass is 19.4. The minimum Gasteiger partial charge on any atom is -0.489 e. The van der Waals surface area contributed by atoms with E-state index >= 15 is 0 Å². The van der Waals surface area contributed by atoms with E-state index in [4.69, 9.17) is 9.47 Å². The van der Waals surface area contributed by atoms with Gasteiger partial charge >= 0.3 is 6.18 Å². The van der Waals surface area contributed by atoms with Gasteiger partial charge < -0.3 is 14.8 Å². The molecule has 10 heteroatoms. The molecule has 0 radical (unpaired) electrons. The van der Waals surface area contributed by atoms with Crippen LogP contribution in [0.2, 0.25) is 0 Å². The highest BCUT2D eigenvalue weighted by Gasteiger charge is 2.59. The Hall–Kier alpha value is -3.92. The number of hydrogen-bond donors (Lipinski definition) is 1. The van der Waals surface area contributed by atoms with Crippen LogP contribution in [0.15, 0.2) is 48.7 Å². The fraction of sp³-hybridized carbons (Fsp3) is 0.406. The molecule has 2 aromatic carbocycles. The van der Waals surface area contributed by atoms with Crippen molar-refractivity contribution in [1.29, 1.82) is 0 Å². The van der Waals surface area contributed by atoms with Crippen LogP contribution >= 0.6 is 0 Å². The molecule has 3 atom stereocenters. The zero-order valence-corrected chi connectivity index (χ0v) is 22.9. The van der Waals surface area contributed by atoms with Gasteiger partial charge in [-0.1, -0.05) is 18.6 Å². The Kier molecular flexibility index (Phi) is 6.68. The second-order valence-electron chi connectivity index (χ2n) is 11.6. The Morgan fingerprint density at radius 3 is 2.71 bits per heavy atom. The van der Waals surface area contributed by atoms with Crippen LogP contribution < -0.4 is 14.8 Å². The molecule has 0 unspecified atom stereocenters. The highest BCUT2D eigenvalue weighted by molar-refractivity contribution is 5.97. The Morgan fingerprint density at radius 2 is 1.90 bits per heavy atom. The van der Waals surface area contributed by atoms with Crippen molar-refractivity contribution in [3.63, 3.8) is 0 Å². The number of rotatable bonds is 7. The SMILES string of the molecule is O=C1CCc2c(Oc3ccc4c(c3)[C@H]3[C@H](CC(=O)c5ccc(CN6CCCCC6)c(C(F)(F)F)c5)[C@H]3O4)ccnc2N1. The number of carbonyl (C=O) groups is 2. The zero-order chi connectivity index (χ0) is 29.0. The van der Waals surface area contributed by atoms with E-state index in [1.807, 2.05) is 18.2 Å². The third kappa shape index (κ3) is 5.12. The first kappa shape index (κ1) is 26.9. The lowest BCUT2D eigenvalue weighted by Gasteiger charge is -2.27. The number of Topliss-reactive ketones (excluding diaryl/α,β-unsaturated/α-hetero) is 1. The molecule has 1 saturated carbocycles. The maximum absolute atomic E-state index is 14.0. The second-order valence-corrected chi connectivity index (χ2v) is 11.6. The van der Waals surface area contributed by atoms with Gasteiger partial charge in [-0.05, 0) is 68.2 Å². The molecular weight excluding hydrogens is 547 g/mol. The number of piperidine rings is 1. The number of carbonyl (C=O) groups excluding carboxylic acids is 2. The number of amides is 1. The molecule has 42 heavy (non-hydrogen) atoms. The molecule has 0 spiro atoms. The number of nitrogens with one attached hydrogen (secondary N) is 1. The topological polar surface area (TPSA) is 80.8 Å². The number of ketones is 1. The predicted molar refractivity (Wildman–Crippen MR) is 148 cm³/mol. The van der Waals surface area contributed by atoms with Crippen molar-refractivity contribution in [1.82, 2.24) is 9.88 Å². The average Bonchev–Trinajstić information content (AvgIpc) is 3.49. The summed E-state index contributed by atoms with van der Waals surface area (Å²) in [6.07, 6.45) is 0.964. The lowest BCUT2D eigenvalue weighted by molar-refractivity contribution is -0.138. The molecule has 1 amide bonds. The number of ether oxygens (including phenoxy) is 2. The Bertz CT molecular complexity index is 1570. The summed E-state index contributed by atoms with van der Waals surface area (Å²) in [5, 5.41) is 2.77. The maximum Gasteiger partial charge on any atom is 0.416 e. The lowest BCUT2D eigenvalue weighted by atomic mass is 9.97. The summed E-state index contributed by atoms with van der Waals surface area (Å²) in [5.74, 6) is 1.93. The fourth-order valence-electron chi connectivity index (χ4n) is 6.58. The quantitative estimate of drug-likeness (QED) is 0.323. The number of fused-ring (bicyclic) bond motifs is 4. The van der Waals surface area contributed by atoms with Crippen LogP contribution in [0, 0.1) is 5.92 Å². The maximum atomic E-state index is 14.0. The van der Waals surface area contributed by atoms with Crippen LogP contribution in [0.4, 0.5) is 19.0 Å². The van der Waals surface area contributed by atoms with Gasteiger partial charge in [0.25, 0.3) is 0 Å². The van der Waals surface area contributed by atoms with E-state index in [1.54, 1.807) is 12.3 Å². The normalized spacial score (nSPS) is 22.8. The first-order valence-corrected chi connectivity index (χ1v) is 14.5. The molecule has 0 bridgehead atoms. The number of aromatic nitrogens is 1. The molecule has 4 aliphatic rings. The van der Waals surface area contributed by atoms with Gasteiger partial charge in [0.1, 0.15) is 29.2 Å². The predicted octanol–water partition coefficient (Wildman–Crippen LogP) is 6.51. The van der Waals surface area contributed by atoms with Crippen molar-refractivity contribution in [3.05, 3.63) is 76.5 Å². The zero-order valence-electron chi connectivity index (χ0n) is 22.9. The van der Waals surface area contributed by atoms with Gasteiger partial charge in [-0.2, -0.15) is 13.2 Å². The number of anilines is 1. The molecule has 3 aromatic rings. The van der Waals surface area contributed by atoms with E-state index in [1.165, 1.54) is 12.1 Å². The van der Waals surface area contributed by atoms with Crippen molar-refractivity contribution < 1.29 is 32.2 Å². The van der Waals surface area contributed by atoms with E-state index < -0.39 is 11.7 Å². The minimum atomic E-state index is -4.53. The van der Waals surface area contributed by atoms with Crippen molar-refractivity contribution in [2.24, 2.45) is 5.92 Å². The van der Waals surface area contributed by atoms with Crippen molar-refractivity contribution >= 4 is 17.5 Å². The molecule has 7 nitrogen and oxygen atoms in total. The number of pyridine rings is 1. The van der Waals surface area contributed by atoms with Gasteiger partial charge in [0.15, 0.2) is 5.78 Å². The summed E-state index contributed by atoms with van der Waals surface area (Å²) in [6.45, 7) is 1.82. The van der Waals surface area contributed by atoms with Crippen LogP contribution in [0.5, 0.6) is 17.2 Å². The standard InChI is InChI=1S/C32H30F3N3O4/c33-32(34,35)24-14-18(4-5-19(24)17-38-12-2-1-3-13-38)25(39)16-23-29-22-15-20(6-8-26(22)42-30(23)29)41-27-10-11-36-31-21(27)7-9-28(40)37-31/h4-6,8,10-11,14-15,23,29-30H,1-3,7,9,12-13,16-17H2,(H,36,37,40)/t23-,29-,30+/m0/s1. The molecule has 218 valence electrons. The van der Waals surface area contributed by atoms with Gasteiger partial charge in [-0.3, -0.25) is 14.5 Å². The molecule has 2 fully saturated rings. The van der Waals surface area contributed by atoms with Gasteiger partial charge in [0.05, 0.1) is 5.56 Å². The molecule has 1 aromatic heterocycles. The van der Waals surface area contributed by atoms with E-state index in [0.29, 0.717) is 30.2 Å². The largest absolute Gasteiger partial charge is 0.489 e. The number of nitrogens with zero attached hydrogens (tertiary/aromatic N) is 2. The Labute approximate surface area is 241 Å². The molecule has 1 aliphatic carbocycles. The molecule has 3 aliphatic heterocycles. The summed E-state index contributed by atoms with van der Waals surface area (Å²) in [5.41, 5.74) is 1.34. The summed E-state index contributed by atoms with van der Waals surface area (Å²) in [7, 11) is 0. The third-order valence-electron chi connectivity index (χ3n) is 8.80. The van der Waals surface area contributed by atoms with Crippen LogP contribution in [-0.4, -0.2) is 40.8 Å². The van der Waals surface area contributed by atoms with E-state index in [0.717, 1.165) is 55.3 Å². The Balaban J connectivity index is 1.05. The molecule has 1 N–H and O–H groups in total. The van der Waals surface area contributed by atoms with Crippen molar-refractivity contribution in [2.75, 3.05) is 18.4 Å². The van der Waals surface area contributed by atoms with Crippen LogP contribution in [0.1, 0.15) is 70.6 Å². The molecule has 4 heterocycles. The Morgan fingerprint density at radius 1 is 1.07 bits per heavy atom. The van der Waals surface area contributed by atoms with Crippen LogP contribution in [-0.2, 0) is 23.9 Å². The third-order valence-corrected chi connectivity index (χ3v) is 8.80. The summed E-state index contributed by atoms with van der Waals surface area (Å²) >= 11 is 0. The average molecular weight is 578 g/mol.